The molecule has 0 saturated heterocycles. The Morgan fingerprint density at radius 2 is 0.771 bits per heavy atom. The fourth-order valence-electron chi connectivity index (χ4n) is 2.62. The Hall–Kier alpha value is -1.34. The van der Waals surface area contributed by atoms with Gasteiger partial charge in [-0.1, -0.05) is 12.1 Å². The summed E-state index contributed by atoms with van der Waals surface area (Å²) in [5, 5.41) is 0. The number of benzene rings is 1. The molecule has 0 bridgehead atoms. The summed E-state index contributed by atoms with van der Waals surface area (Å²) in [6, 6.07) is 7.73. The molecule has 10 nitrogen and oxygen atoms in total. The zero-order valence-corrected chi connectivity index (χ0v) is 21.3. The van der Waals surface area contributed by atoms with E-state index in [0.717, 1.165) is 11.3 Å². The predicted molar refractivity (Wildman–Crippen MR) is 132 cm³/mol. The lowest BCUT2D eigenvalue weighted by Crippen LogP contribution is -2.15. The average Bonchev–Trinajstić information content (AvgIpc) is 2.89. The molecule has 0 radical (unpaired) electrons. The Kier molecular flexibility index (Phi) is 23.3. The quantitative estimate of drug-likeness (QED) is 0.178. The number of nitrogens with two attached hydrogens (primary N) is 1. The molecular formula is C25H45NO9. The summed E-state index contributed by atoms with van der Waals surface area (Å²) in [6.45, 7) is 11.8. The first-order valence-electron chi connectivity index (χ1n) is 12.4. The minimum absolute atomic E-state index is 0.495. The van der Waals surface area contributed by atoms with Crippen LogP contribution in [0.1, 0.15) is 12.5 Å². The monoisotopic (exact) mass is 503 g/mol. The third kappa shape index (κ3) is 21.6. The fraction of sp³-hybridized carbons (Fsp3) is 0.760. The van der Waals surface area contributed by atoms with E-state index >= 15 is 0 Å². The molecule has 0 aromatic heterocycles. The number of hydrogen-bond acceptors (Lipinski definition) is 10. The van der Waals surface area contributed by atoms with Crippen molar-refractivity contribution in [3.8, 4) is 5.75 Å². The molecule has 0 unspecified atom stereocenters. The van der Waals surface area contributed by atoms with Gasteiger partial charge in [-0.2, -0.15) is 0 Å². The molecule has 0 aliphatic carbocycles. The van der Waals surface area contributed by atoms with Gasteiger partial charge in [-0.15, -0.1) is 0 Å². The molecule has 0 fully saturated rings. The highest BCUT2D eigenvalue weighted by atomic mass is 16.6. The zero-order valence-electron chi connectivity index (χ0n) is 21.3. The SMILES string of the molecule is CCOCCOCCOCCOCCOCCOCCOCCOCCOc1ccc(CN)cc1. The van der Waals surface area contributed by atoms with Crippen LogP contribution in [0.15, 0.2) is 24.3 Å². The van der Waals surface area contributed by atoms with Crippen molar-refractivity contribution in [2.45, 2.75) is 13.5 Å². The first kappa shape index (κ1) is 31.7. The van der Waals surface area contributed by atoms with Crippen LogP contribution in [0, 0.1) is 0 Å². The molecule has 0 spiro atoms. The molecule has 10 heteroatoms. The van der Waals surface area contributed by atoms with Crippen molar-refractivity contribution in [2.75, 3.05) is 112 Å². The van der Waals surface area contributed by atoms with Crippen LogP contribution < -0.4 is 10.5 Å². The van der Waals surface area contributed by atoms with Crippen molar-refractivity contribution in [1.82, 2.24) is 0 Å². The maximum absolute atomic E-state index is 5.60. The highest BCUT2D eigenvalue weighted by Gasteiger charge is 1.97. The summed E-state index contributed by atoms with van der Waals surface area (Å²) in [5.74, 6) is 0.812. The highest BCUT2D eigenvalue weighted by molar-refractivity contribution is 5.26. The van der Waals surface area contributed by atoms with Crippen molar-refractivity contribution in [2.24, 2.45) is 5.73 Å². The van der Waals surface area contributed by atoms with E-state index in [1.54, 1.807) is 0 Å². The molecule has 0 amide bonds. The number of rotatable bonds is 27. The van der Waals surface area contributed by atoms with Crippen LogP contribution in [-0.4, -0.2) is 112 Å². The van der Waals surface area contributed by atoms with E-state index in [1.807, 2.05) is 31.2 Å². The van der Waals surface area contributed by atoms with Crippen LogP contribution in [0.25, 0.3) is 0 Å². The van der Waals surface area contributed by atoms with Gasteiger partial charge in [0, 0.05) is 13.2 Å². The first-order chi connectivity index (χ1) is 17.4. The van der Waals surface area contributed by atoms with Gasteiger partial charge in [0.15, 0.2) is 0 Å². The Labute approximate surface area is 210 Å². The van der Waals surface area contributed by atoms with E-state index in [9.17, 15) is 0 Å². The van der Waals surface area contributed by atoms with Crippen molar-refractivity contribution < 1.29 is 42.6 Å². The van der Waals surface area contributed by atoms with Gasteiger partial charge < -0.3 is 48.4 Å². The summed E-state index contributed by atoms with van der Waals surface area (Å²) in [4.78, 5) is 0. The zero-order chi connectivity index (χ0) is 25.1. The van der Waals surface area contributed by atoms with Gasteiger partial charge in [0.25, 0.3) is 0 Å². The van der Waals surface area contributed by atoms with Crippen LogP contribution >= 0.6 is 0 Å². The Bertz CT molecular complexity index is 548. The molecule has 0 saturated carbocycles. The van der Waals surface area contributed by atoms with E-state index in [1.165, 1.54) is 0 Å². The summed E-state index contributed by atoms with van der Waals surface area (Å²) >= 11 is 0. The molecule has 0 heterocycles. The molecule has 0 atom stereocenters. The summed E-state index contributed by atoms with van der Waals surface area (Å²) < 4.78 is 48.8. The molecule has 1 aromatic carbocycles. The van der Waals surface area contributed by atoms with Gasteiger partial charge in [0.05, 0.1) is 99.1 Å². The lowest BCUT2D eigenvalue weighted by molar-refractivity contribution is -0.0233. The summed E-state index contributed by atoms with van der Waals surface area (Å²) in [5.41, 5.74) is 6.65. The van der Waals surface area contributed by atoms with E-state index in [-0.39, 0.29) is 0 Å². The van der Waals surface area contributed by atoms with Gasteiger partial charge in [0.1, 0.15) is 12.4 Å². The molecule has 0 aliphatic rings. The summed E-state index contributed by atoms with van der Waals surface area (Å²) in [6.07, 6.45) is 0. The van der Waals surface area contributed by atoms with Gasteiger partial charge in [-0.05, 0) is 24.6 Å². The van der Waals surface area contributed by atoms with Gasteiger partial charge in [0.2, 0.25) is 0 Å². The van der Waals surface area contributed by atoms with E-state index in [2.05, 4.69) is 0 Å². The standard InChI is InChI=1S/C25H45NO9/c1-2-27-7-8-28-9-10-29-11-12-30-13-14-31-15-16-32-17-18-33-19-20-34-21-22-35-25-5-3-24(23-26)4-6-25/h3-6H,2,7-23,26H2,1H3. The van der Waals surface area contributed by atoms with E-state index in [0.29, 0.717) is 119 Å². The topological polar surface area (TPSA) is 109 Å². The third-order valence-electron chi connectivity index (χ3n) is 4.46. The molecular weight excluding hydrogens is 458 g/mol. The Morgan fingerprint density at radius 1 is 0.457 bits per heavy atom. The van der Waals surface area contributed by atoms with Crippen LogP contribution in [-0.2, 0) is 44.4 Å². The molecule has 1 aromatic rings. The Balaban J connectivity index is 1.67. The fourth-order valence-corrected chi connectivity index (χ4v) is 2.62. The van der Waals surface area contributed by atoms with Gasteiger partial charge >= 0.3 is 0 Å². The predicted octanol–water partition coefficient (Wildman–Crippen LogP) is 1.68. The van der Waals surface area contributed by atoms with Crippen molar-refractivity contribution >= 4 is 0 Å². The second-order valence-corrected chi connectivity index (χ2v) is 7.18. The van der Waals surface area contributed by atoms with E-state index < -0.39 is 0 Å². The van der Waals surface area contributed by atoms with Crippen molar-refractivity contribution in [1.29, 1.82) is 0 Å². The summed E-state index contributed by atoms with van der Waals surface area (Å²) in [7, 11) is 0. The molecule has 0 aliphatic heterocycles. The largest absolute Gasteiger partial charge is 0.491 e. The van der Waals surface area contributed by atoms with E-state index in [4.69, 9.17) is 48.4 Å². The Morgan fingerprint density at radius 3 is 1.09 bits per heavy atom. The first-order valence-corrected chi connectivity index (χ1v) is 12.4. The van der Waals surface area contributed by atoms with Crippen LogP contribution in [0.5, 0.6) is 5.75 Å². The second-order valence-electron chi connectivity index (χ2n) is 7.18. The molecule has 204 valence electrons. The maximum Gasteiger partial charge on any atom is 0.119 e. The minimum Gasteiger partial charge on any atom is -0.491 e. The van der Waals surface area contributed by atoms with Crippen LogP contribution in [0.3, 0.4) is 0 Å². The van der Waals surface area contributed by atoms with Crippen molar-refractivity contribution in [3.63, 3.8) is 0 Å². The van der Waals surface area contributed by atoms with Crippen LogP contribution in [0.4, 0.5) is 0 Å². The van der Waals surface area contributed by atoms with Crippen LogP contribution in [0.2, 0.25) is 0 Å². The number of ether oxygens (including phenoxy) is 9. The number of hydrogen-bond donors (Lipinski definition) is 1. The van der Waals surface area contributed by atoms with Crippen molar-refractivity contribution in [3.05, 3.63) is 29.8 Å². The molecule has 1 rings (SSSR count). The normalized spacial score (nSPS) is 11.3. The third-order valence-corrected chi connectivity index (χ3v) is 4.46. The smallest absolute Gasteiger partial charge is 0.119 e. The lowest BCUT2D eigenvalue weighted by Gasteiger charge is -2.09. The molecule has 2 N–H and O–H groups in total. The lowest BCUT2D eigenvalue weighted by atomic mass is 10.2. The second kappa shape index (κ2) is 25.7. The molecule has 35 heavy (non-hydrogen) atoms. The maximum atomic E-state index is 5.60. The average molecular weight is 504 g/mol. The highest BCUT2D eigenvalue weighted by Crippen LogP contribution is 2.11. The van der Waals surface area contributed by atoms with Gasteiger partial charge in [-0.25, -0.2) is 0 Å². The minimum atomic E-state index is 0.495. The van der Waals surface area contributed by atoms with Gasteiger partial charge in [-0.3, -0.25) is 0 Å².